The maximum Gasteiger partial charge on any atom is 0.255 e. The van der Waals surface area contributed by atoms with Crippen LogP contribution >= 0.6 is 0 Å². The average molecular weight is 292 g/mol. The lowest BCUT2D eigenvalue weighted by atomic mass is 10.2. The van der Waals surface area contributed by atoms with Crippen LogP contribution in [0.25, 0.3) is 0 Å². The van der Waals surface area contributed by atoms with E-state index < -0.39 is 11.7 Å². The van der Waals surface area contributed by atoms with E-state index in [1.54, 1.807) is 13.1 Å². The minimum absolute atomic E-state index is 0.135. The van der Waals surface area contributed by atoms with Crippen LogP contribution in [0.1, 0.15) is 35.4 Å². The lowest BCUT2D eigenvalue weighted by Gasteiger charge is -2.10. The van der Waals surface area contributed by atoms with Gasteiger partial charge in [0.05, 0.1) is 24.5 Å². The number of nitrogens with zero attached hydrogens (tertiary/aromatic N) is 2. The molecule has 0 spiro atoms. The molecular formula is C14H17FN4O2. The third-order valence-corrected chi connectivity index (χ3v) is 2.71. The minimum atomic E-state index is -0.561. The van der Waals surface area contributed by atoms with Gasteiger partial charge in [-0.15, -0.1) is 0 Å². The molecule has 0 fully saturated rings. The minimum Gasteiger partial charge on any atom is -0.444 e. The van der Waals surface area contributed by atoms with Crippen molar-refractivity contribution in [2.75, 3.05) is 11.9 Å². The second-order valence-corrected chi connectivity index (χ2v) is 4.52. The van der Waals surface area contributed by atoms with Crippen molar-refractivity contribution in [1.29, 1.82) is 0 Å². The first kappa shape index (κ1) is 15.0. The summed E-state index contributed by atoms with van der Waals surface area (Å²) in [5.74, 6) is 0.426. The molecule has 6 nitrogen and oxygen atoms in total. The molecular weight excluding hydrogens is 275 g/mol. The number of amides is 1. The second kappa shape index (κ2) is 6.83. The summed E-state index contributed by atoms with van der Waals surface area (Å²) in [6, 6.07) is 1.15. The standard InChI is InChI=1S/C14H17FN4O2/c1-3-4-16-13-11(5-10(15)7-18-13)14(20)19-8-12-17-6-9(2)21-12/h5-7H,3-4,8H2,1-2H3,(H,16,18)(H,19,20). The number of rotatable bonds is 6. The highest BCUT2D eigenvalue weighted by atomic mass is 19.1. The van der Waals surface area contributed by atoms with E-state index in [4.69, 9.17) is 4.42 Å². The van der Waals surface area contributed by atoms with Gasteiger partial charge in [-0.25, -0.2) is 14.4 Å². The van der Waals surface area contributed by atoms with Gasteiger partial charge in [-0.3, -0.25) is 4.79 Å². The number of pyridine rings is 1. The van der Waals surface area contributed by atoms with Crippen LogP contribution in [0.4, 0.5) is 10.2 Å². The van der Waals surface area contributed by atoms with E-state index in [0.717, 1.165) is 18.7 Å². The zero-order valence-corrected chi connectivity index (χ0v) is 11.9. The van der Waals surface area contributed by atoms with Gasteiger partial charge in [0.15, 0.2) is 0 Å². The molecule has 0 aliphatic rings. The van der Waals surface area contributed by atoms with Crippen molar-refractivity contribution in [1.82, 2.24) is 15.3 Å². The number of anilines is 1. The first-order chi connectivity index (χ1) is 10.1. The van der Waals surface area contributed by atoms with Crippen LogP contribution in [0.3, 0.4) is 0 Å². The first-order valence-corrected chi connectivity index (χ1v) is 6.69. The molecule has 112 valence electrons. The summed E-state index contributed by atoms with van der Waals surface area (Å²) in [6.07, 6.45) is 3.52. The van der Waals surface area contributed by atoms with Crippen LogP contribution in [-0.4, -0.2) is 22.4 Å². The molecule has 2 aromatic heterocycles. The van der Waals surface area contributed by atoms with Gasteiger partial charge in [-0.2, -0.15) is 0 Å². The van der Waals surface area contributed by atoms with E-state index in [1.807, 2.05) is 6.92 Å². The van der Waals surface area contributed by atoms with Crippen LogP contribution < -0.4 is 10.6 Å². The highest BCUT2D eigenvalue weighted by Gasteiger charge is 2.14. The molecule has 0 aliphatic carbocycles. The van der Waals surface area contributed by atoms with Crippen molar-refractivity contribution in [3.63, 3.8) is 0 Å². The largest absolute Gasteiger partial charge is 0.444 e. The van der Waals surface area contributed by atoms with Crippen molar-refractivity contribution in [2.24, 2.45) is 0 Å². The van der Waals surface area contributed by atoms with Gasteiger partial charge in [-0.05, 0) is 19.4 Å². The van der Waals surface area contributed by atoms with Crippen molar-refractivity contribution in [3.05, 3.63) is 41.5 Å². The van der Waals surface area contributed by atoms with Gasteiger partial charge < -0.3 is 15.1 Å². The molecule has 7 heteroatoms. The molecule has 0 bridgehead atoms. The predicted octanol–water partition coefficient (Wildman–Crippen LogP) is 2.27. The van der Waals surface area contributed by atoms with Crippen LogP contribution in [0.5, 0.6) is 0 Å². The molecule has 2 N–H and O–H groups in total. The number of hydrogen-bond acceptors (Lipinski definition) is 5. The molecule has 2 aromatic rings. The number of carbonyl (C=O) groups excluding carboxylic acids is 1. The Labute approximate surface area is 121 Å². The predicted molar refractivity (Wildman–Crippen MR) is 75.4 cm³/mol. The highest BCUT2D eigenvalue weighted by molar-refractivity contribution is 5.98. The lowest BCUT2D eigenvalue weighted by Crippen LogP contribution is -2.25. The Balaban J connectivity index is 2.08. The number of hydrogen-bond donors (Lipinski definition) is 2. The van der Waals surface area contributed by atoms with Gasteiger partial charge in [-0.1, -0.05) is 6.92 Å². The summed E-state index contributed by atoms with van der Waals surface area (Å²) >= 11 is 0. The van der Waals surface area contributed by atoms with E-state index in [1.165, 1.54) is 0 Å². The smallest absolute Gasteiger partial charge is 0.255 e. The highest BCUT2D eigenvalue weighted by Crippen LogP contribution is 2.14. The third kappa shape index (κ3) is 4.01. The molecule has 1 amide bonds. The number of nitrogens with one attached hydrogen (secondary N) is 2. The molecule has 0 atom stereocenters. The van der Waals surface area contributed by atoms with E-state index in [2.05, 4.69) is 20.6 Å². The molecule has 0 radical (unpaired) electrons. The van der Waals surface area contributed by atoms with Crippen molar-refractivity contribution < 1.29 is 13.6 Å². The molecule has 21 heavy (non-hydrogen) atoms. The summed E-state index contributed by atoms with van der Waals surface area (Å²) in [4.78, 5) is 20.0. The molecule has 2 rings (SSSR count). The fourth-order valence-corrected chi connectivity index (χ4v) is 1.73. The average Bonchev–Trinajstić information content (AvgIpc) is 2.89. The Bertz CT molecular complexity index is 627. The number of aryl methyl sites for hydroxylation is 1. The van der Waals surface area contributed by atoms with Crippen LogP contribution in [-0.2, 0) is 6.54 Å². The quantitative estimate of drug-likeness (QED) is 0.853. The summed E-state index contributed by atoms with van der Waals surface area (Å²) in [7, 11) is 0. The van der Waals surface area contributed by atoms with E-state index in [0.29, 0.717) is 24.0 Å². The van der Waals surface area contributed by atoms with E-state index in [9.17, 15) is 9.18 Å². The Hall–Kier alpha value is -2.44. The van der Waals surface area contributed by atoms with Crippen LogP contribution in [0.15, 0.2) is 22.9 Å². The zero-order valence-electron chi connectivity index (χ0n) is 11.9. The molecule has 0 aliphatic heterocycles. The normalized spacial score (nSPS) is 10.4. The second-order valence-electron chi connectivity index (χ2n) is 4.52. The van der Waals surface area contributed by atoms with Gasteiger partial charge in [0, 0.05) is 6.54 Å². The van der Waals surface area contributed by atoms with Gasteiger partial charge in [0.1, 0.15) is 17.4 Å². The monoisotopic (exact) mass is 292 g/mol. The Kier molecular flexibility index (Phi) is 4.86. The summed E-state index contributed by atoms with van der Waals surface area (Å²) in [5.41, 5.74) is 0.159. The molecule has 0 saturated heterocycles. The van der Waals surface area contributed by atoms with Crippen LogP contribution in [0.2, 0.25) is 0 Å². The number of carbonyl (C=O) groups is 1. The maximum absolute atomic E-state index is 13.3. The van der Waals surface area contributed by atoms with Gasteiger partial charge >= 0.3 is 0 Å². The topological polar surface area (TPSA) is 80.0 Å². The SMILES string of the molecule is CCCNc1ncc(F)cc1C(=O)NCc1ncc(C)o1. The Morgan fingerprint density at radius 2 is 2.19 bits per heavy atom. The molecule has 0 aromatic carbocycles. The van der Waals surface area contributed by atoms with Crippen molar-refractivity contribution in [3.8, 4) is 0 Å². The lowest BCUT2D eigenvalue weighted by molar-refractivity contribution is 0.0947. The fraction of sp³-hybridized carbons (Fsp3) is 0.357. The maximum atomic E-state index is 13.3. The Morgan fingerprint density at radius 1 is 1.38 bits per heavy atom. The van der Waals surface area contributed by atoms with E-state index >= 15 is 0 Å². The summed E-state index contributed by atoms with van der Waals surface area (Å²) in [6.45, 7) is 4.54. The van der Waals surface area contributed by atoms with Gasteiger partial charge in [0.2, 0.25) is 5.89 Å². The van der Waals surface area contributed by atoms with Crippen molar-refractivity contribution in [2.45, 2.75) is 26.8 Å². The number of halogens is 1. The molecule has 0 unspecified atom stereocenters. The summed E-state index contributed by atoms with van der Waals surface area (Å²) in [5, 5.41) is 5.63. The van der Waals surface area contributed by atoms with Crippen LogP contribution in [0, 0.1) is 12.7 Å². The zero-order chi connectivity index (χ0) is 15.2. The fourth-order valence-electron chi connectivity index (χ4n) is 1.73. The molecule has 2 heterocycles. The van der Waals surface area contributed by atoms with Gasteiger partial charge in [0.25, 0.3) is 5.91 Å². The Morgan fingerprint density at radius 3 is 2.86 bits per heavy atom. The number of aromatic nitrogens is 2. The van der Waals surface area contributed by atoms with E-state index in [-0.39, 0.29) is 12.1 Å². The summed E-state index contributed by atoms with van der Waals surface area (Å²) < 4.78 is 18.6. The first-order valence-electron chi connectivity index (χ1n) is 6.69. The third-order valence-electron chi connectivity index (χ3n) is 2.71. The molecule has 0 saturated carbocycles. The van der Waals surface area contributed by atoms with Crippen molar-refractivity contribution >= 4 is 11.7 Å². The number of oxazole rings is 1.